The van der Waals surface area contributed by atoms with E-state index in [0.29, 0.717) is 17.8 Å². The number of hydrogen-bond acceptors (Lipinski definition) is 4. The van der Waals surface area contributed by atoms with Crippen LogP contribution >= 0.6 is 0 Å². The fourth-order valence-corrected chi connectivity index (χ4v) is 1.82. The molecule has 0 heterocycles. The van der Waals surface area contributed by atoms with Crippen LogP contribution in [0.1, 0.15) is 5.56 Å². The first kappa shape index (κ1) is 12.8. The first-order valence-corrected chi connectivity index (χ1v) is 5.67. The molecular formula is C15H13NO3. The van der Waals surface area contributed by atoms with Crippen molar-refractivity contribution in [2.24, 2.45) is 0 Å². The molecule has 0 aliphatic heterocycles. The molecule has 2 rings (SSSR count). The summed E-state index contributed by atoms with van der Waals surface area (Å²) in [7, 11) is 1.61. The molecule has 0 spiro atoms. The van der Waals surface area contributed by atoms with Gasteiger partial charge in [-0.15, -0.1) is 0 Å². The number of ether oxygens (including phenoxy) is 2. The molecule has 0 unspecified atom stereocenters. The molecule has 1 N–H and O–H groups in total. The smallest absolute Gasteiger partial charge is 0.298 e. The van der Waals surface area contributed by atoms with Crippen molar-refractivity contribution in [2.45, 2.75) is 0 Å². The minimum Gasteiger partial charge on any atom is -0.497 e. The largest absolute Gasteiger partial charge is 0.497 e. The van der Waals surface area contributed by atoms with E-state index < -0.39 is 0 Å². The summed E-state index contributed by atoms with van der Waals surface area (Å²) < 4.78 is 9.88. The normalized spacial score (nSPS) is 9.74. The average molecular weight is 255 g/mol. The summed E-state index contributed by atoms with van der Waals surface area (Å²) in [5.74, 6) is 1.20. The highest BCUT2D eigenvalue weighted by Crippen LogP contribution is 2.27. The molecule has 0 saturated heterocycles. The molecule has 4 nitrogen and oxygen atoms in total. The summed E-state index contributed by atoms with van der Waals surface area (Å²) in [4.78, 5) is 10.3. The van der Waals surface area contributed by atoms with Crippen molar-refractivity contribution in [1.29, 1.82) is 5.41 Å². The predicted molar refractivity (Wildman–Crippen MR) is 73.0 cm³/mol. The van der Waals surface area contributed by atoms with Crippen LogP contribution in [0.3, 0.4) is 0 Å². The average Bonchev–Trinajstić information content (AvgIpc) is 2.47. The van der Waals surface area contributed by atoms with Crippen molar-refractivity contribution in [2.75, 3.05) is 7.11 Å². The second-order valence-electron chi connectivity index (χ2n) is 3.84. The van der Waals surface area contributed by atoms with Crippen molar-refractivity contribution in [3.05, 3.63) is 48.0 Å². The molecular weight excluding hydrogens is 242 g/mol. The van der Waals surface area contributed by atoms with Gasteiger partial charge >= 0.3 is 0 Å². The Morgan fingerprint density at radius 3 is 2.32 bits per heavy atom. The number of methoxy groups -OCH3 is 1. The molecule has 0 amide bonds. The summed E-state index contributed by atoms with van der Waals surface area (Å²) >= 11 is 0. The molecule has 4 heteroatoms. The number of carbonyl (C=O) groups excluding carboxylic acids is 1. The first-order chi connectivity index (χ1) is 9.28. The summed E-state index contributed by atoms with van der Waals surface area (Å²) in [5, 5.41) is 7.45. The van der Waals surface area contributed by atoms with Gasteiger partial charge < -0.3 is 14.9 Å². The second-order valence-corrected chi connectivity index (χ2v) is 3.84. The minimum atomic E-state index is 0.371. The third-order valence-electron chi connectivity index (χ3n) is 2.76. The van der Waals surface area contributed by atoms with Crippen LogP contribution in [0.25, 0.3) is 11.1 Å². The van der Waals surface area contributed by atoms with Crippen LogP contribution < -0.4 is 9.47 Å². The molecule has 0 fully saturated rings. The summed E-state index contributed by atoms with van der Waals surface area (Å²) in [6, 6.07) is 12.7. The Hall–Kier alpha value is -2.62. The lowest BCUT2D eigenvalue weighted by atomic mass is 10.00. The van der Waals surface area contributed by atoms with Gasteiger partial charge in [-0.25, -0.2) is 0 Å². The summed E-state index contributed by atoms with van der Waals surface area (Å²) in [6.45, 7) is 0.371. The molecule has 0 aliphatic rings. The van der Waals surface area contributed by atoms with E-state index in [1.807, 2.05) is 30.3 Å². The number of nitrogens with one attached hydrogen (secondary N) is 1. The molecule has 0 radical (unpaired) electrons. The minimum absolute atomic E-state index is 0.371. The van der Waals surface area contributed by atoms with Gasteiger partial charge in [0.15, 0.2) is 0 Å². The topological polar surface area (TPSA) is 59.4 Å². The highest BCUT2D eigenvalue weighted by molar-refractivity contribution is 5.89. The monoisotopic (exact) mass is 255 g/mol. The van der Waals surface area contributed by atoms with E-state index in [9.17, 15) is 4.79 Å². The highest BCUT2D eigenvalue weighted by atomic mass is 16.5. The first-order valence-electron chi connectivity index (χ1n) is 5.67. The van der Waals surface area contributed by atoms with Crippen LogP contribution in [0.5, 0.6) is 11.5 Å². The quantitative estimate of drug-likeness (QED) is 0.660. The van der Waals surface area contributed by atoms with E-state index in [1.54, 1.807) is 19.2 Å². The van der Waals surface area contributed by atoms with Gasteiger partial charge in [-0.2, -0.15) is 0 Å². The maximum Gasteiger partial charge on any atom is 0.298 e. The van der Waals surface area contributed by atoms with E-state index in [0.717, 1.165) is 16.9 Å². The van der Waals surface area contributed by atoms with E-state index >= 15 is 0 Å². The Morgan fingerprint density at radius 1 is 1.05 bits per heavy atom. The van der Waals surface area contributed by atoms with Crippen LogP contribution in [-0.4, -0.2) is 19.8 Å². The lowest BCUT2D eigenvalue weighted by molar-refractivity contribution is -0.120. The zero-order chi connectivity index (χ0) is 13.7. The molecule has 0 aliphatic carbocycles. The number of benzene rings is 2. The van der Waals surface area contributed by atoms with Crippen LogP contribution in [0.4, 0.5) is 0 Å². The van der Waals surface area contributed by atoms with Crippen LogP contribution in [0.15, 0.2) is 42.5 Å². The second kappa shape index (κ2) is 5.82. The van der Waals surface area contributed by atoms with E-state index in [1.165, 1.54) is 6.21 Å². The maximum absolute atomic E-state index is 10.3. The lowest BCUT2D eigenvalue weighted by Crippen LogP contribution is -1.93. The highest BCUT2D eigenvalue weighted by Gasteiger charge is 2.05. The van der Waals surface area contributed by atoms with Crippen LogP contribution in [-0.2, 0) is 4.79 Å². The zero-order valence-corrected chi connectivity index (χ0v) is 10.4. The van der Waals surface area contributed by atoms with E-state index in [-0.39, 0.29) is 0 Å². The van der Waals surface area contributed by atoms with Gasteiger partial charge in [0, 0.05) is 11.8 Å². The maximum atomic E-state index is 10.3. The Kier molecular flexibility index (Phi) is 3.93. The van der Waals surface area contributed by atoms with Crippen molar-refractivity contribution < 1.29 is 14.3 Å². The van der Waals surface area contributed by atoms with Gasteiger partial charge in [0.25, 0.3) is 6.47 Å². The molecule has 96 valence electrons. The molecule has 0 aromatic heterocycles. The van der Waals surface area contributed by atoms with Crippen molar-refractivity contribution in [1.82, 2.24) is 0 Å². The Labute approximate surface area is 111 Å². The zero-order valence-electron chi connectivity index (χ0n) is 10.4. The summed E-state index contributed by atoms with van der Waals surface area (Å²) in [6.07, 6.45) is 1.23. The fraction of sp³-hybridized carbons (Fsp3) is 0.0667. The van der Waals surface area contributed by atoms with Crippen molar-refractivity contribution in [3.63, 3.8) is 0 Å². The lowest BCUT2D eigenvalue weighted by Gasteiger charge is -2.08. The fourth-order valence-electron chi connectivity index (χ4n) is 1.82. The van der Waals surface area contributed by atoms with E-state index in [2.05, 4.69) is 0 Å². The van der Waals surface area contributed by atoms with Crippen molar-refractivity contribution in [3.8, 4) is 22.6 Å². The Balaban J connectivity index is 2.42. The number of hydrogen-bond donors (Lipinski definition) is 1. The van der Waals surface area contributed by atoms with Crippen LogP contribution in [0, 0.1) is 5.41 Å². The molecule has 2 aromatic carbocycles. The Bertz CT molecular complexity index is 591. The third-order valence-corrected chi connectivity index (χ3v) is 2.76. The SMILES string of the molecule is COc1ccc(-c2ccc(OC=O)cc2C=N)cc1. The van der Waals surface area contributed by atoms with E-state index in [4.69, 9.17) is 14.9 Å². The van der Waals surface area contributed by atoms with Gasteiger partial charge in [0.1, 0.15) is 11.5 Å². The molecule has 0 saturated carbocycles. The number of rotatable bonds is 5. The van der Waals surface area contributed by atoms with Gasteiger partial charge in [-0.3, -0.25) is 4.79 Å². The van der Waals surface area contributed by atoms with Crippen LogP contribution in [0.2, 0.25) is 0 Å². The van der Waals surface area contributed by atoms with Gasteiger partial charge in [0.2, 0.25) is 0 Å². The van der Waals surface area contributed by atoms with Gasteiger partial charge in [-0.05, 0) is 35.4 Å². The summed E-state index contributed by atoms with van der Waals surface area (Å²) in [5.41, 5.74) is 2.55. The molecule has 2 aromatic rings. The van der Waals surface area contributed by atoms with Crippen molar-refractivity contribution >= 4 is 12.7 Å². The molecule has 19 heavy (non-hydrogen) atoms. The van der Waals surface area contributed by atoms with Gasteiger partial charge in [-0.1, -0.05) is 18.2 Å². The predicted octanol–water partition coefficient (Wildman–Crippen LogP) is 2.90. The molecule has 0 bridgehead atoms. The number of carbonyl (C=O) groups is 1. The standard InChI is InChI=1S/C15H13NO3/c1-18-13-4-2-11(3-5-13)15-7-6-14(19-10-17)8-12(15)9-16/h2-10,16H,1H3. The Morgan fingerprint density at radius 2 is 1.74 bits per heavy atom. The van der Waals surface area contributed by atoms with Gasteiger partial charge in [0.05, 0.1) is 7.11 Å². The third kappa shape index (κ3) is 2.80. The molecule has 0 atom stereocenters.